The van der Waals surface area contributed by atoms with Gasteiger partial charge < -0.3 is 11.0 Å². The predicted molar refractivity (Wildman–Crippen MR) is 217 cm³/mol. The number of hydrogen-bond acceptors (Lipinski definition) is 0. The van der Waals surface area contributed by atoms with Crippen LogP contribution in [0, 0.1) is 0 Å². The van der Waals surface area contributed by atoms with Crippen molar-refractivity contribution in [1.82, 2.24) is 0 Å². The first-order valence-electron chi connectivity index (χ1n) is 15.4. The second-order valence-electron chi connectivity index (χ2n) is 11.0. The van der Waals surface area contributed by atoms with E-state index in [1.54, 1.807) is 0 Å². The average Bonchev–Trinajstić information content (AvgIpc) is 3.14. The zero-order chi connectivity index (χ0) is 31.6. The summed E-state index contributed by atoms with van der Waals surface area (Å²) < 4.78 is 0. The van der Waals surface area contributed by atoms with E-state index in [-0.39, 0.29) is 31.4 Å². The molecule has 0 saturated heterocycles. The van der Waals surface area contributed by atoms with Crippen molar-refractivity contribution >= 4 is 50.6 Å². The molecule has 0 aliphatic carbocycles. The molecule has 0 radical (unpaired) electrons. The molecular weight excluding hydrogens is 729 g/mol. The van der Waals surface area contributed by atoms with Gasteiger partial charge in [0.05, 0.1) is 0 Å². The summed E-state index contributed by atoms with van der Waals surface area (Å²) >= 11 is 0. The largest absolute Gasteiger partial charge is 0.412 e. The van der Waals surface area contributed by atoms with Crippen molar-refractivity contribution in [3.8, 4) is 33.4 Å². The maximum Gasteiger partial charge on any atom is 0 e. The predicted octanol–water partition coefficient (Wildman–Crippen LogP) is 9.72. The van der Waals surface area contributed by atoms with Gasteiger partial charge in [-0.3, -0.25) is 0 Å². The molecule has 5 heteroatoms. The van der Waals surface area contributed by atoms with Gasteiger partial charge >= 0.3 is 0 Å². The first-order chi connectivity index (χ1) is 22.7. The van der Waals surface area contributed by atoms with Crippen molar-refractivity contribution in [2.45, 2.75) is 0 Å². The van der Waals surface area contributed by atoms with Crippen molar-refractivity contribution in [3.05, 3.63) is 194 Å². The fraction of sp³-hybridized carbons (Fsp3) is 0. The molecule has 2 nitrogen and oxygen atoms in total. The maximum atomic E-state index is 2.90. The van der Waals surface area contributed by atoms with Crippen LogP contribution in [0.4, 0.5) is 0 Å². The van der Waals surface area contributed by atoms with Gasteiger partial charge in [0.2, 0.25) is 0 Å². The Morgan fingerprint density at radius 3 is 0.796 bits per heavy atom. The van der Waals surface area contributed by atoms with E-state index in [1.807, 2.05) is 24.3 Å². The standard InChI is InChI=1S/C20H16P2.2C12H10.2H2O.Pd/c21-17-11-9-13-5-1-3-7-15(13)19(17)20-16-8-4-2-6-14(16)10-12-18(20)22;2*1-3-7-11(8-4-1)12-9-5-2-6-10-12;;;/h1-12H,21-22H2;2*1-10H;2*1H2;. The Bertz CT molecular complexity index is 1930. The molecule has 0 aliphatic rings. The third-order valence-corrected chi connectivity index (χ3v) is 8.90. The zero-order valence-corrected chi connectivity index (χ0v) is 30.8. The first kappa shape index (κ1) is 39.2. The van der Waals surface area contributed by atoms with Crippen LogP contribution in [-0.4, -0.2) is 11.0 Å². The second kappa shape index (κ2) is 19.7. The Hall–Kier alpha value is -4.28. The summed E-state index contributed by atoms with van der Waals surface area (Å²) in [5.41, 5.74) is 7.72. The Balaban J connectivity index is 0.000000208. The van der Waals surface area contributed by atoms with Gasteiger partial charge in [-0.05, 0) is 65.5 Å². The first-order valence-corrected chi connectivity index (χ1v) is 16.6. The molecule has 8 aromatic carbocycles. The van der Waals surface area contributed by atoms with Gasteiger partial charge in [-0.25, -0.2) is 0 Å². The molecule has 49 heavy (non-hydrogen) atoms. The molecule has 0 heterocycles. The molecule has 0 fully saturated rings. The van der Waals surface area contributed by atoms with E-state index in [2.05, 4.69) is 188 Å². The fourth-order valence-electron chi connectivity index (χ4n) is 5.66. The molecule has 0 amide bonds. The van der Waals surface area contributed by atoms with E-state index in [0.29, 0.717) is 0 Å². The minimum absolute atomic E-state index is 0. The monoisotopic (exact) mass is 768 g/mol. The average molecular weight is 769 g/mol. The minimum Gasteiger partial charge on any atom is -0.412 e. The van der Waals surface area contributed by atoms with Crippen molar-refractivity contribution in [2.24, 2.45) is 0 Å². The molecule has 0 bridgehead atoms. The van der Waals surface area contributed by atoms with Crippen LogP contribution in [0.1, 0.15) is 0 Å². The van der Waals surface area contributed by atoms with E-state index in [1.165, 1.54) is 65.5 Å². The summed E-state index contributed by atoms with van der Waals surface area (Å²) in [6.45, 7) is 0. The van der Waals surface area contributed by atoms with Gasteiger partial charge in [0.15, 0.2) is 0 Å². The van der Waals surface area contributed by atoms with Gasteiger partial charge in [0.1, 0.15) is 0 Å². The van der Waals surface area contributed by atoms with E-state index in [4.69, 9.17) is 0 Å². The van der Waals surface area contributed by atoms with Gasteiger partial charge in [-0.15, -0.1) is 18.5 Å². The van der Waals surface area contributed by atoms with Gasteiger partial charge in [-0.2, -0.15) is 0 Å². The maximum absolute atomic E-state index is 2.90. The molecule has 248 valence electrons. The topological polar surface area (TPSA) is 63.0 Å². The van der Waals surface area contributed by atoms with E-state index < -0.39 is 0 Å². The van der Waals surface area contributed by atoms with Crippen LogP contribution in [0.15, 0.2) is 194 Å². The van der Waals surface area contributed by atoms with Crippen LogP contribution >= 0.6 is 18.5 Å². The van der Waals surface area contributed by atoms with Crippen molar-refractivity contribution < 1.29 is 31.4 Å². The van der Waals surface area contributed by atoms with E-state index >= 15 is 0 Å². The smallest absolute Gasteiger partial charge is 0 e. The van der Waals surface area contributed by atoms with Crippen molar-refractivity contribution in [3.63, 3.8) is 0 Å². The molecule has 8 rings (SSSR count). The molecule has 0 spiro atoms. The third-order valence-electron chi connectivity index (χ3n) is 7.93. The molecular formula is C44H40O2P2Pd. The van der Waals surface area contributed by atoms with Crippen LogP contribution in [0.25, 0.3) is 54.9 Å². The normalized spacial score (nSPS) is 9.76. The quantitative estimate of drug-likeness (QED) is 0.127. The van der Waals surface area contributed by atoms with E-state index in [0.717, 1.165) is 0 Å². The number of rotatable bonds is 3. The zero-order valence-electron chi connectivity index (χ0n) is 26.9. The van der Waals surface area contributed by atoms with Crippen LogP contribution in [0.5, 0.6) is 0 Å². The van der Waals surface area contributed by atoms with Crippen LogP contribution in [0.2, 0.25) is 0 Å². The summed E-state index contributed by atoms with van der Waals surface area (Å²) in [7, 11) is 5.79. The summed E-state index contributed by atoms with van der Waals surface area (Å²) in [5, 5.41) is 7.63. The summed E-state index contributed by atoms with van der Waals surface area (Å²) in [4.78, 5) is 0. The number of fused-ring (bicyclic) bond motifs is 2. The molecule has 0 saturated carbocycles. The van der Waals surface area contributed by atoms with Crippen LogP contribution in [-0.2, 0) is 20.4 Å². The minimum atomic E-state index is 0. The molecule has 8 aromatic rings. The Labute approximate surface area is 307 Å². The molecule has 0 aliphatic heterocycles. The van der Waals surface area contributed by atoms with Crippen LogP contribution in [0.3, 0.4) is 0 Å². The van der Waals surface area contributed by atoms with Crippen molar-refractivity contribution in [1.29, 1.82) is 0 Å². The molecule has 4 N–H and O–H groups in total. The summed E-state index contributed by atoms with van der Waals surface area (Å²) in [6.07, 6.45) is 0. The van der Waals surface area contributed by atoms with Crippen molar-refractivity contribution in [2.75, 3.05) is 0 Å². The third kappa shape index (κ3) is 9.89. The van der Waals surface area contributed by atoms with Gasteiger partial charge in [0, 0.05) is 20.4 Å². The fourth-order valence-corrected chi connectivity index (χ4v) is 6.45. The molecule has 2 unspecified atom stereocenters. The second-order valence-corrected chi connectivity index (χ2v) is 12.2. The summed E-state index contributed by atoms with van der Waals surface area (Å²) in [6, 6.07) is 67.5. The Morgan fingerprint density at radius 1 is 0.265 bits per heavy atom. The SMILES string of the molecule is O.O.Pc1ccc2ccccc2c1-c1c(P)ccc2ccccc12.[Pd].c1ccc(-c2ccccc2)cc1.c1ccc(-c2ccccc2)cc1. The van der Waals surface area contributed by atoms with Crippen LogP contribution < -0.4 is 10.6 Å². The molecule has 2 atom stereocenters. The van der Waals surface area contributed by atoms with Gasteiger partial charge in [-0.1, -0.05) is 194 Å². The molecule has 0 aromatic heterocycles. The van der Waals surface area contributed by atoms with E-state index in [9.17, 15) is 0 Å². The van der Waals surface area contributed by atoms with Gasteiger partial charge in [0.25, 0.3) is 0 Å². The Kier molecular flexibility index (Phi) is 15.7. The number of hydrogen-bond donors (Lipinski definition) is 0. The summed E-state index contributed by atoms with van der Waals surface area (Å²) in [5.74, 6) is 0. The number of benzene rings is 8. The Morgan fingerprint density at radius 2 is 0.510 bits per heavy atom.